The Labute approximate surface area is 140 Å². The second kappa shape index (κ2) is 7.60. The van der Waals surface area contributed by atoms with Crippen molar-refractivity contribution >= 4 is 22.2 Å². The summed E-state index contributed by atoms with van der Waals surface area (Å²) in [6.45, 7) is 1.34. The third-order valence-corrected chi connectivity index (χ3v) is 4.10. The number of benzene rings is 2. The molecule has 7 nitrogen and oxygen atoms in total. The Kier molecular flexibility index (Phi) is 5.54. The zero-order chi connectivity index (χ0) is 17.6. The third kappa shape index (κ3) is 4.56. The molecule has 1 amide bonds. The Morgan fingerprint density at radius 1 is 1.12 bits per heavy atom. The molecular weight excluding hydrogens is 332 g/mol. The van der Waals surface area contributed by atoms with Gasteiger partial charge in [-0.3, -0.25) is 4.79 Å². The number of hydrogen-bond acceptors (Lipinski definition) is 6. The third-order valence-electron chi connectivity index (χ3n) is 2.85. The van der Waals surface area contributed by atoms with Gasteiger partial charge in [-0.2, -0.15) is 13.5 Å². The molecule has 126 valence electrons. The molecule has 0 radical (unpaired) electrons. The average molecular weight is 348 g/mol. The Balaban J connectivity index is 2.25. The van der Waals surface area contributed by atoms with Crippen LogP contribution in [0.15, 0.2) is 58.5 Å². The first-order chi connectivity index (χ1) is 11.4. The first kappa shape index (κ1) is 17.5. The van der Waals surface area contributed by atoms with Crippen LogP contribution in [0.3, 0.4) is 0 Å². The molecule has 0 saturated carbocycles. The second-order valence-electron chi connectivity index (χ2n) is 4.69. The molecule has 0 unspecified atom stereocenters. The van der Waals surface area contributed by atoms with Crippen molar-refractivity contribution in [3.63, 3.8) is 0 Å². The van der Waals surface area contributed by atoms with Gasteiger partial charge in [0.05, 0.1) is 13.3 Å². The lowest BCUT2D eigenvalue weighted by Crippen LogP contribution is -2.12. The number of ether oxygens (including phenoxy) is 1. The SMILES string of the molecule is COc1cc(/C=N\NC(C)=O)ccc1OS(=O)(=O)c1ccccc1. The standard InChI is InChI=1S/C16H16N2O5S/c1-12(19)18-17-11-13-8-9-15(16(10-13)22-2)23-24(20,21)14-6-4-3-5-7-14/h3-11H,1-2H3,(H,18,19)/b17-11-. The molecule has 0 saturated heterocycles. The summed E-state index contributed by atoms with van der Waals surface area (Å²) in [6, 6.07) is 12.4. The van der Waals surface area contributed by atoms with Gasteiger partial charge in [0.2, 0.25) is 5.91 Å². The molecule has 0 bridgehead atoms. The highest BCUT2D eigenvalue weighted by atomic mass is 32.2. The highest BCUT2D eigenvalue weighted by Crippen LogP contribution is 2.30. The van der Waals surface area contributed by atoms with E-state index in [0.29, 0.717) is 5.56 Å². The lowest BCUT2D eigenvalue weighted by atomic mass is 10.2. The van der Waals surface area contributed by atoms with E-state index in [1.54, 1.807) is 30.3 Å². The fourth-order valence-electron chi connectivity index (χ4n) is 1.78. The number of hydrogen-bond donors (Lipinski definition) is 1. The van der Waals surface area contributed by atoms with Gasteiger partial charge in [0.25, 0.3) is 0 Å². The number of nitrogens with one attached hydrogen (secondary N) is 1. The molecule has 0 fully saturated rings. The normalized spacial score (nSPS) is 11.2. The smallest absolute Gasteiger partial charge is 0.339 e. The number of carbonyl (C=O) groups is 1. The average Bonchev–Trinajstić information content (AvgIpc) is 2.56. The number of methoxy groups -OCH3 is 1. The van der Waals surface area contributed by atoms with Crippen molar-refractivity contribution < 1.29 is 22.1 Å². The van der Waals surface area contributed by atoms with Gasteiger partial charge in [-0.15, -0.1) is 0 Å². The van der Waals surface area contributed by atoms with Crippen LogP contribution in [0.25, 0.3) is 0 Å². The predicted molar refractivity (Wildman–Crippen MR) is 88.7 cm³/mol. The summed E-state index contributed by atoms with van der Waals surface area (Å²) in [5, 5.41) is 3.73. The number of nitrogens with zero attached hydrogens (tertiary/aromatic N) is 1. The summed E-state index contributed by atoms with van der Waals surface area (Å²) in [4.78, 5) is 10.8. The van der Waals surface area contributed by atoms with Crippen molar-refractivity contribution in [3.05, 3.63) is 54.1 Å². The highest BCUT2D eigenvalue weighted by molar-refractivity contribution is 7.87. The summed E-state index contributed by atoms with van der Waals surface area (Å²) in [5.74, 6) is -0.0218. The lowest BCUT2D eigenvalue weighted by Gasteiger charge is -2.11. The van der Waals surface area contributed by atoms with E-state index in [4.69, 9.17) is 8.92 Å². The minimum absolute atomic E-state index is 0.0448. The van der Waals surface area contributed by atoms with Crippen LogP contribution in [0.4, 0.5) is 0 Å². The summed E-state index contributed by atoms with van der Waals surface area (Å²) in [7, 11) is -2.56. The van der Waals surface area contributed by atoms with E-state index in [1.807, 2.05) is 0 Å². The van der Waals surface area contributed by atoms with Gasteiger partial charge in [-0.1, -0.05) is 18.2 Å². The Bertz CT molecular complexity index is 848. The second-order valence-corrected chi connectivity index (χ2v) is 6.23. The molecule has 0 atom stereocenters. The molecule has 0 aliphatic heterocycles. The summed E-state index contributed by atoms with van der Waals surface area (Å²) >= 11 is 0. The quantitative estimate of drug-likeness (QED) is 0.489. The van der Waals surface area contributed by atoms with Crippen molar-refractivity contribution in [2.75, 3.05) is 7.11 Å². The molecule has 2 aromatic carbocycles. The minimum Gasteiger partial charge on any atom is -0.493 e. The maximum atomic E-state index is 12.3. The number of hydrazone groups is 1. The monoisotopic (exact) mass is 348 g/mol. The molecule has 2 rings (SSSR count). The fourth-order valence-corrected chi connectivity index (χ4v) is 2.75. The molecule has 0 aromatic heterocycles. The molecule has 24 heavy (non-hydrogen) atoms. The maximum Gasteiger partial charge on any atom is 0.339 e. The summed E-state index contributed by atoms with van der Waals surface area (Å²) in [5.41, 5.74) is 2.87. The Morgan fingerprint density at radius 3 is 2.46 bits per heavy atom. The topological polar surface area (TPSA) is 94.1 Å². The summed E-state index contributed by atoms with van der Waals surface area (Å²) < 4.78 is 34.8. The number of amides is 1. The summed E-state index contributed by atoms with van der Waals surface area (Å²) in [6.07, 6.45) is 1.40. The van der Waals surface area contributed by atoms with Crippen LogP contribution < -0.4 is 14.3 Å². The van der Waals surface area contributed by atoms with Crippen molar-refractivity contribution in [2.45, 2.75) is 11.8 Å². The van der Waals surface area contributed by atoms with E-state index in [2.05, 4.69) is 10.5 Å². The molecule has 1 N–H and O–H groups in total. The van der Waals surface area contributed by atoms with E-state index in [-0.39, 0.29) is 22.3 Å². The van der Waals surface area contributed by atoms with Gasteiger partial charge in [-0.05, 0) is 35.9 Å². The fraction of sp³-hybridized carbons (Fsp3) is 0.125. The zero-order valence-corrected chi connectivity index (χ0v) is 13.9. The van der Waals surface area contributed by atoms with Crippen LogP contribution in [0.2, 0.25) is 0 Å². The van der Waals surface area contributed by atoms with Crippen LogP contribution in [-0.2, 0) is 14.9 Å². The van der Waals surface area contributed by atoms with Gasteiger partial charge < -0.3 is 8.92 Å². The first-order valence-corrected chi connectivity index (χ1v) is 8.30. The Morgan fingerprint density at radius 2 is 1.83 bits per heavy atom. The van der Waals surface area contributed by atoms with E-state index in [9.17, 15) is 13.2 Å². The number of carbonyl (C=O) groups excluding carboxylic acids is 1. The highest BCUT2D eigenvalue weighted by Gasteiger charge is 2.18. The molecule has 0 aliphatic rings. The van der Waals surface area contributed by atoms with Crippen molar-refractivity contribution in [1.82, 2.24) is 5.43 Å². The van der Waals surface area contributed by atoms with Crippen molar-refractivity contribution in [1.29, 1.82) is 0 Å². The van der Waals surface area contributed by atoms with Gasteiger partial charge in [0, 0.05) is 6.92 Å². The van der Waals surface area contributed by atoms with Crippen LogP contribution in [0.5, 0.6) is 11.5 Å². The van der Waals surface area contributed by atoms with Crippen molar-refractivity contribution in [3.8, 4) is 11.5 Å². The molecule has 8 heteroatoms. The van der Waals surface area contributed by atoms with Crippen LogP contribution in [0, 0.1) is 0 Å². The van der Waals surface area contributed by atoms with Crippen LogP contribution >= 0.6 is 0 Å². The van der Waals surface area contributed by atoms with Crippen molar-refractivity contribution in [2.24, 2.45) is 5.10 Å². The molecule has 2 aromatic rings. The van der Waals surface area contributed by atoms with Gasteiger partial charge >= 0.3 is 10.1 Å². The van der Waals surface area contributed by atoms with Gasteiger partial charge in [0.15, 0.2) is 11.5 Å². The van der Waals surface area contributed by atoms with Crippen LogP contribution in [0.1, 0.15) is 12.5 Å². The Hall–Kier alpha value is -2.87. The zero-order valence-electron chi connectivity index (χ0n) is 13.1. The lowest BCUT2D eigenvalue weighted by molar-refractivity contribution is -0.118. The predicted octanol–water partition coefficient (Wildman–Crippen LogP) is 1.93. The molecule has 0 spiro atoms. The van der Waals surface area contributed by atoms with E-state index < -0.39 is 10.1 Å². The van der Waals surface area contributed by atoms with E-state index in [1.165, 1.54) is 38.4 Å². The van der Waals surface area contributed by atoms with Crippen LogP contribution in [-0.4, -0.2) is 27.6 Å². The molecular formula is C16H16N2O5S. The van der Waals surface area contributed by atoms with Gasteiger partial charge in [0.1, 0.15) is 4.90 Å². The maximum absolute atomic E-state index is 12.3. The minimum atomic E-state index is -3.96. The molecule has 0 aliphatic carbocycles. The first-order valence-electron chi connectivity index (χ1n) is 6.89. The molecule has 0 heterocycles. The number of rotatable bonds is 6. The van der Waals surface area contributed by atoms with E-state index >= 15 is 0 Å². The van der Waals surface area contributed by atoms with Gasteiger partial charge in [-0.25, -0.2) is 5.43 Å². The van der Waals surface area contributed by atoms with E-state index in [0.717, 1.165) is 0 Å². The largest absolute Gasteiger partial charge is 0.493 e.